The van der Waals surface area contributed by atoms with Crippen LogP contribution < -0.4 is 25.0 Å². The van der Waals surface area contributed by atoms with Crippen molar-refractivity contribution >= 4 is 17.5 Å². The molecule has 2 heterocycles. The lowest BCUT2D eigenvalue weighted by Crippen LogP contribution is -2.50. The molecule has 1 fully saturated rings. The van der Waals surface area contributed by atoms with Gasteiger partial charge in [-0.3, -0.25) is 14.5 Å². The monoisotopic (exact) mass is 506 g/mol. The molecule has 2 amide bonds. The number of nitrogens with zero attached hydrogens (tertiary/aromatic N) is 2. The quantitative estimate of drug-likeness (QED) is 0.408. The fourth-order valence-electron chi connectivity index (χ4n) is 4.53. The molecule has 2 N–H and O–H groups in total. The second-order valence-electron chi connectivity index (χ2n) is 8.80. The number of amides is 2. The molecule has 196 valence electrons. The third-order valence-corrected chi connectivity index (χ3v) is 6.56. The number of nitrogens with one attached hydrogen (secondary N) is 2. The normalized spacial score (nSPS) is 14.6. The number of carbonyl (C=O) groups is 2. The Labute approximate surface area is 217 Å². The summed E-state index contributed by atoms with van der Waals surface area (Å²) in [6.07, 6.45) is 2.19. The Morgan fingerprint density at radius 1 is 0.892 bits per heavy atom. The van der Waals surface area contributed by atoms with Gasteiger partial charge in [-0.25, -0.2) is 0 Å². The molecule has 2 aromatic carbocycles. The van der Waals surface area contributed by atoms with Crippen molar-refractivity contribution in [2.24, 2.45) is 0 Å². The Morgan fingerprint density at radius 2 is 1.62 bits per heavy atom. The zero-order valence-corrected chi connectivity index (χ0v) is 21.3. The lowest BCUT2D eigenvalue weighted by atomic mass is 10.1. The average molecular weight is 507 g/mol. The summed E-state index contributed by atoms with van der Waals surface area (Å²) in [6.45, 7) is 3.96. The zero-order chi connectivity index (χ0) is 26.0. The number of benzene rings is 2. The predicted octanol–water partition coefficient (Wildman–Crippen LogP) is 2.64. The molecule has 9 heteroatoms. The van der Waals surface area contributed by atoms with E-state index >= 15 is 0 Å². The number of piperazine rings is 1. The summed E-state index contributed by atoms with van der Waals surface area (Å²) in [7, 11) is 3.16. The topological polar surface area (TPSA) is 96.3 Å². The van der Waals surface area contributed by atoms with E-state index in [-0.39, 0.29) is 12.6 Å². The van der Waals surface area contributed by atoms with Gasteiger partial charge in [0.25, 0.3) is 0 Å². The Bertz CT molecular complexity index is 1140. The third kappa shape index (κ3) is 6.83. The van der Waals surface area contributed by atoms with Crippen molar-refractivity contribution in [1.29, 1.82) is 0 Å². The first-order chi connectivity index (χ1) is 18.1. The zero-order valence-electron chi connectivity index (χ0n) is 21.3. The number of para-hydroxylation sites is 1. The number of carbonyl (C=O) groups excluding carboxylic acids is 2. The molecule has 1 aliphatic rings. The molecular formula is C28H34N4O5. The van der Waals surface area contributed by atoms with Gasteiger partial charge < -0.3 is 29.4 Å². The van der Waals surface area contributed by atoms with E-state index in [0.29, 0.717) is 24.5 Å². The molecule has 1 atom stereocenters. The van der Waals surface area contributed by atoms with Crippen LogP contribution in [0.3, 0.4) is 0 Å². The number of methoxy groups -OCH3 is 2. The summed E-state index contributed by atoms with van der Waals surface area (Å²) < 4.78 is 16.2. The molecule has 1 aromatic heterocycles. The average Bonchev–Trinajstić information content (AvgIpc) is 3.48. The number of hydrogen-bond acceptors (Lipinski definition) is 7. The van der Waals surface area contributed by atoms with E-state index in [0.717, 1.165) is 37.5 Å². The number of ether oxygens (including phenoxy) is 2. The molecule has 0 bridgehead atoms. The molecule has 9 nitrogen and oxygen atoms in total. The van der Waals surface area contributed by atoms with E-state index in [2.05, 4.69) is 32.6 Å². The summed E-state index contributed by atoms with van der Waals surface area (Å²) in [5.74, 6) is 0.710. The van der Waals surface area contributed by atoms with Crippen molar-refractivity contribution in [3.8, 4) is 11.5 Å². The highest BCUT2D eigenvalue weighted by atomic mass is 16.5. The van der Waals surface area contributed by atoms with Crippen molar-refractivity contribution < 1.29 is 23.5 Å². The van der Waals surface area contributed by atoms with Gasteiger partial charge in [0.1, 0.15) is 5.76 Å². The standard InChI is InChI=1S/C28H34N4O5/c1-35-25-11-10-21(19-26(25)36-2)12-13-29-27(33)28(34)30-20-23(24-9-6-18-37-24)32-16-14-31(15-17-32)22-7-4-3-5-8-22/h3-11,18-19,23H,12-17,20H2,1-2H3,(H,29,33)(H,30,34). The second-order valence-corrected chi connectivity index (χ2v) is 8.80. The van der Waals surface area contributed by atoms with E-state index < -0.39 is 11.8 Å². The summed E-state index contributed by atoms with van der Waals surface area (Å²) in [6, 6.07) is 19.5. The van der Waals surface area contributed by atoms with E-state index in [4.69, 9.17) is 13.9 Å². The van der Waals surface area contributed by atoms with Gasteiger partial charge in [0.2, 0.25) is 0 Å². The van der Waals surface area contributed by atoms with E-state index in [1.54, 1.807) is 20.5 Å². The molecule has 0 radical (unpaired) electrons. The van der Waals surface area contributed by atoms with Crippen molar-refractivity contribution in [3.05, 3.63) is 78.3 Å². The van der Waals surface area contributed by atoms with Crippen LogP contribution in [0.1, 0.15) is 17.4 Å². The van der Waals surface area contributed by atoms with Crippen LogP contribution in [0.25, 0.3) is 0 Å². The molecule has 0 saturated carbocycles. The minimum absolute atomic E-state index is 0.156. The second kappa shape index (κ2) is 12.8. The van der Waals surface area contributed by atoms with Crippen molar-refractivity contribution in [2.75, 3.05) is 58.4 Å². The van der Waals surface area contributed by atoms with Gasteiger partial charge in [0, 0.05) is 45.0 Å². The lowest BCUT2D eigenvalue weighted by Gasteiger charge is -2.39. The van der Waals surface area contributed by atoms with Crippen LogP contribution in [0.15, 0.2) is 71.3 Å². The fourth-order valence-corrected chi connectivity index (χ4v) is 4.53. The van der Waals surface area contributed by atoms with Gasteiger partial charge in [-0.15, -0.1) is 0 Å². The lowest BCUT2D eigenvalue weighted by molar-refractivity contribution is -0.139. The Morgan fingerprint density at radius 3 is 2.30 bits per heavy atom. The third-order valence-electron chi connectivity index (χ3n) is 6.56. The predicted molar refractivity (Wildman–Crippen MR) is 141 cm³/mol. The van der Waals surface area contributed by atoms with Crippen LogP contribution in [0.2, 0.25) is 0 Å². The minimum Gasteiger partial charge on any atom is -0.493 e. The van der Waals surface area contributed by atoms with Crippen molar-refractivity contribution in [2.45, 2.75) is 12.5 Å². The molecule has 1 saturated heterocycles. The summed E-state index contributed by atoms with van der Waals surface area (Å²) in [5.41, 5.74) is 2.17. The molecule has 0 aliphatic carbocycles. The van der Waals surface area contributed by atoms with Gasteiger partial charge in [-0.05, 0) is 48.4 Å². The van der Waals surface area contributed by atoms with Gasteiger partial charge in [0.05, 0.1) is 26.5 Å². The van der Waals surface area contributed by atoms with Crippen LogP contribution in [0.5, 0.6) is 11.5 Å². The molecule has 1 unspecified atom stereocenters. The van der Waals surface area contributed by atoms with Crippen LogP contribution in [-0.2, 0) is 16.0 Å². The fraction of sp³-hybridized carbons (Fsp3) is 0.357. The van der Waals surface area contributed by atoms with E-state index in [1.165, 1.54) is 5.69 Å². The largest absolute Gasteiger partial charge is 0.493 e. The molecule has 37 heavy (non-hydrogen) atoms. The van der Waals surface area contributed by atoms with E-state index in [9.17, 15) is 9.59 Å². The van der Waals surface area contributed by atoms with Crippen LogP contribution in [0.4, 0.5) is 5.69 Å². The van der Waals surface area contributed by atoms with Gasteiger partial charge in [-0.1, -0.05) is 24.3 Å². The number of furan rings is 1. The number of rotatable bonds is 10. The minimum atomic E-state index is -0.660. The maximum atomic E-state index is 12.5. The van der Waals surface area contributed by atoms with Gasteiger partial charge in [-0.2, -0.15) is 0 Å². The number of hydrogen-bond donors (Lipinski definition) is 2. The first-order valence-corrected chi connectivity index (χ1v) is 12.4. The van der Waals surface area contributed by atoms with E-state index in [1.807, 2.05) is 48.5 Å². The molecule has 0 spiro atoms. The maximum absolute atomic E-state index is 12.5. The Kier molecular flexibility index (Phi) is 9.04. The van der Waals surface area contributed by atoms with Crippen molar-refractivity contribution in [1.82, 2.24) is 15.5 Å². The summed E-state index contributed by atoms with van der Waals surface area (Å²) in [4.78, 5) is 29.6. The van der Waals surface area contributed by atoms with Gasteiger partial charge in [0.15, 0.2) is 11.5 Å². The highest BCUT2D eigenvalue weighted by Gasteiger charge is 2.28. The maximum Gasteiger partial charge on any atom is 0.309 e. The molecule has 4 rings (SSSR count). The smallest absolute Gasteiger partial charge is 0.309 e. The highest BCUT2D eigenvalue weighted by molar-refractivity contribution is 6.35. The summed E-state index contributed by atoms with van der Waals surface area (Å²) >= 11 is 0. The molecule has 1 aliphatic heterocycles. The van der Waals surface area contributed by atoms with Crippen LogP contribution >= 0.6 is 0 Å². The SMILES string of the molecule is COc1ccc(CCNC(=O)C(=O)NCC(c2ccco2)N2CCN(c3ccccc3)CC2)cc1OC. The van der Waals surface area contributed by atoms with Gasteiger partial charge >= 0.3 is 11.8 Å². The van der Waals surface area contributed by atoms with Crippen LogP contribution in [-0.4, -0.2) is 70.2 Å². The first-order valence-electron chi connectivity index (χ1n) is 12.4. The summed E-state index contributed by atoms with van der Waals surface area (Å²) in [5, 5.41) is 5.48. The highest BCUT2D eigenvalue weighted by Crippen LogP contribution is 2.27. The van der Waals surface area contributed by atoms with Crippen LogP contribution in [0, 0.1) is 0 Å². The Hall–Kier alpha value is -3.98. The Balaban J connectivity index is 1.27. The van der Waals surface area contributed by atoms with Crippen molar-refractivity contribution in [3.63, 3.8) is 0 Å². The number of anilines is 1. The molecule has 3 aromatic rings. The first kappa shape index (κ1) is 26.1. The molecular weight excluding hydrogens is 472 g/mol.